The van der Waals surface area contributed by atoms with Crippen molar-refractivity contribution in [3.05, 3.63) is 82.9 Å². The number of carboxylic acid groups (broad SMARTS) is 1. The van der Waals surface area contributed by atoms with Crippen molar-refractivity contribution in [1.29, 1.82) is 0 Å². The van der Waals surface area contributed by atoms with E-state index in [-0.39, 0.29) is 5.92 Å². The number of Topliss-reactive ketones (excluding diaryl/α,β-unsaturated/α-hetero) is 1. The van der Waals surface area contributed by atoms with E-state index in [0.717, 1.165) is 70.8 Å². The minimum Gasteiger partial charge on any atom is -0.481 e. The number of hydrogen-bond donors (Lipinski definition) is 2. The summed E-state index contributed by atoms with van der Waals surface area (Å²) in [7, 11) is 0. The van der Waals surface area contributed by atoms with Crippen molar-refractivity contribution in [2.75, 3.05) is 0 Å². The Kier molecular flexibility index (Phi) is 9.96. The molecule has 0 radical (unpaired) electrons. The Bertz CT molecular complexity index is 1620. The quantitative estimate of drug-likeness (QED) is 0.124. The average molecular weight is 581 g/mol. The second kappa shape index (κ2) is 14.0. The lowest BCUT2D eigenvalue weighted by molar-refractivity contribution is -0.142. The number of fused-ring (bicyclic) bond motifs is 3. The number of nitrogens with zero attached hydrogens (tertiary/aromatic N) is 2. The summed E-state index contributed by atoms with van der Waals surface area (Å²) in [5.41, 5.74) is 6.82. The van der Waals surface area contributed by atoms with Crippen LogP contribution in [-0.2, 0) is 22.6 Å². The fraction of sp³-hybridized carbons (Fsp3) is 0.432. The maximum absolute atomic E-state index is 12.8. The number of rotatable bonds is 8. The molecule has 43 heavy (non-hydrogen) atoms. The predicted molar refractivity (Wildman–Crippen MR) is 173 cm³/mol. The van der Waals surface area contributed by atoms with Crippen LogP contribution in [0.5, 0.6) is 0 Å². The Morgan fingerprint density at radius 1 is 0.860 bits per heavy atom. The van der Waals surface area contributed by atoms with Crippen LogP contribution in [0.1, 0.15) is 93.4 Å². The molecule has 2 aliphatic rings. The largest absolute Gasteiger partial charge is 0.481 e. The van der Waals surface area contributed by atoms with Crippen molar-refractivity contribution in [1.82, 2.24) is 4.57 Å². The van der Waals surface area contributed by atoms with E-state index >= 15 is 0 Å². The number of aliphatic carboxylic acids is 1. The van der Waals surface area contributed by atoms with Gasteiger partial charge in [-0.25, -0.2) is 0 Å². The van der Waals surface area contributed by atoms with E-state index in [9.17, 15) is 14.8 Å². The molecule has 1 aromatic heterocycles. The molecular formula is C37H44N2O4. The Morgan fingerprint density at radius 2 is 1.51 bits per heavy atom. The van der Waals surface area contributed by atoms with Crippen molar-refractivity contribution in [2.45, 2.75) is 91.0 Å². The maximum Gasteiger partial charge on any atom is 0.306 e. The van der Waals surface area contributed by atoms with Crippen LogP contribution in [-0.4, -0.2) is 32.3 Å². The SMILES string of the molecule is CCn1c2ccc(CC(=O)CC3CCCC3)cc2c2cc(C(=NO)c3ccccc3C)ccc21.O=C(O)C1CCCCC1. The monoisotopic (exact) mass is 580 g/mol. The molecule has 6 heteroatoms. The zero-order valence-corrected chi connectivity index (χ0v) is 25.5. The van der Waals surface area contributed by atoms with Crippen molar-refractivity contribution < 1.29 is 19.9 Å². The molecule has 0 atom stereocenters. The summed E-state index contributed by atoms with van der Waals surface area (Å²) in [5, 5.41) is 24.4. The summed E-state index contributed by atoms with van der Waals surface area (Å²) in [6.45, 7) is 5.04. The Morgan fingerprint density at radius 3 is 2.14 bits per heavy atom. The summed E-state index contributed by atoms with van der Waals surface area (Å²) < 4.78 is 2.31. The first-order valence-corrected chi connectivity index (χ1v) is 16.0. The maximum atomic E-state index is 12.8. The van der Waals surface area contributed by atoms with Gasteiger partial charge >= 0.3 is 5.97 Å². The minimum atomic E-state index is -0.602. The molecule has 4 aromatic rings. The van der Waals surface area contributed by atoms with Crippen LogP contribution in [0.25, 0.3) is 21.8 Å². The van der Waals surface area contributed by atoms with Gasteiger partial charge in [-0.1, -0.05) is 86.5 Å². The van der Waals surface area contributed by atoms with Gasteiger partial charge < -0.3 is 14.9 Å². The zero-order valence-electron chi connectivity index (χ0n) is 25.5. The van der Waals surface area contributed by atoms with Gasteiger partial charge in [-0.15, -0.1) is 0 Å². The van der Waals surface area contributed by atoms with Gasteiger partial charge in [-0.2, -0.15) is 0 Å². The highest BCUT2D eigenvalue weighted by Crippen LogP contribution is 2.33. The molecule has 2 fully saturated rings. The molecule has 0 bridgehead atoms. The number of ketones is 1. The molecule has 0 unspecified atom stereocenters. The van der Waals surface area contributed by atoms with Crippen LogP contribution in [0.15, 0.2) is 65.8 Å². The topological polar surface area (TPSA) is 91.9 Å². The molecule has 2 saturated carbocycles. The number of carbonyl (C=O) groups excluding carboxylic acids is 1. The Balaban J connectivity index is 0.000000351. The molecule has 0 amide bonds. The first-order chi connectivity index (χ1) is 20.9. The predicted octanol–water partition coefficient (Wildman–Crippen LogP) is 8.69. The molecule has 0 aliphatic heterocycles. The van der Waals surface area contributed by atoms with Gasteiger partial charge in [0.15, 0.2) is 0 Å². The van der Waals surface area contributed by atoms with Gasteiger partial charge in [-0.05, 0) is 68.0 Å². The van der Waals surface area contributed by atoms with Gasteiger partial charge in [0.2, 0.25) is 0 Å². The highest BCUT2D eigenvalue weighted by atomic mass is 16.4. The van der Waals surface area contributed by atoms with Crippen LogP contribution < -0.4 is 0 Å². The van der Waals surface area contributed by atoms with Crippen LogP contribution >= 0.6 is 0 Å². The molecule has 2 N–H and O–H groups in total. The van der Waals surface area contributed by atoms with Crippen LogP contribution in [0, 0.1) is 18.8 Å². The van der Waals surface area contributed by atoms with Crippen LogP contribution in [0.4, 0.5) is 0 Å². The number of oxime groups is 1. The van der Waals surface area contributed by atoms with Gasteiger partial charge in [0.25, 0.3) is 0 Å². The third kappa shape index (κ3) is 7.01. The number of aryl methyl sites for hydroxylation is 2. The second-order valence-electron chi connectivity index (χ2n) is 12.3. The first kappa shape index (κ1) is 30.5. The van der Waals surface area contributed by atoms with E-state index in [1.807, 2.05) is 37.3 Å². The summed E-state index contributed by atoms with van der Waals surface area (Å²) in [6, 6.07) is 20.7. The lowest BCUT2D eigenvalue weighted by atomic mass is 9.90. The van der Waals surface area contributed by atoms with Crippen LogP contribution in [0.3, 0.4) is 0 Å². The highest BCUT2D eigenvalue weighted by molar-refractivity contribution is 6.17. The third-order valence-electron chi connectivity index (χ3n) is 9.37. The third-order valence-corrected chi connectivity index (χ3v) is 9.37. The summed E-state index contributed by atoms with van der Waals surface area (Å²) in [6.07, 6.45) is 11.4. The number of carboxylic acids is 1. The van der Waals surface area contributed by atoms with Crippen molar-refractivity contribution >= 4 is 39.3 Å². The summed E-state index contributed by atoms with van der Waals surface area (Å²) >= 11 is 0. The van der Waals surface area contributed by atoms with E-state index in [1.54, 1.807) is 0 Å². The summed E-state index contributed by atoms with van der Waals surface area (Å²) in [5.74, 6) is 0.298. The Labute approximate surface area is 254 Å². The van der Waals surface area contributed by atoms with Gasteiger partial charge in [0.05, 0.1) is 5.92 Å². The fourth-order valence-corrected chi connectivity index (χ4v) is 7.04. The normalized spacial score (nSPS) is 16.4. The molecule has 226 valence electrons. The number of carbonyl (C=O) groups is 2. The van der Waals surface area contributed by atoms with E-state index in [0.29, 0.717) is 30.3 Å². The smallest absolute Gasteiger partial charge is 0.306 e. The molecule has 2 aliphatic carbocycles. The molecule has 0 spiro atoms. The number of benzene rings is 3. The average Bonchev–Trinajstić information content (AvgIpc) is 3.64. The highest BCUT2D eigenvalue weighted by Gasteiger charge is 2.20. The van der Waals surface area contributed by atoms with Crippen molar-refractivity contribution in [3.8, 4) is 0 Å². The molecule has 3 aromatic carbocycles. The van der Waals surface area contributed by atoms with Gasteiger partial charge in [0, 0.05) is 52.3 Å². The van der Waals surface area contributed by atoms with Crippen molar-refractivity contribution in [2.24, 2.45) is 17.0 Å². The molecule has 6 rings (SSSR count). The zero-order chi connectivity index (χ0) is 30.3. The fourth-order valence-electron chi connectivity index (χ4n) is 7.04. The lowest BCUT2D eigenvalue weighted by Crippen LogP contribution is -2.16. The molecular weight excluding hydrogens is 536 g/mol. The van der Waals surface area contributed by atoms with E-state index in [2.05, 4.69) is 47.0 Å². The van der Waals surface area contributed by atoms with E-state index in [4.69, 9.17) is 5.11 Å². The summed E-state index contributed by atoms with van der Waals surface area (Å²) in [4.78, 5) is 23.1. The number of hydrogen-bond acceptors (Lipinski definition) is 4. The molecule has 6 nitrogen and oxygen atoms in total. The lowest BCUT2D eigenvalue weighted by Gasteiger charge is -2.16. The molecule has 0 saturated heterocycles. The Hall–Kier alpha value is -3.93. The van der Waals surface area contributed by atoms with E-state index in [1.165, 1.54) is 37.6 Å². The second-order valence-corrected chi connectivity index (χ2v) is 12.3. The van der Waals surface area contributed by atoms with E-state index < -0.39 is 5.97 Å². The van der Waals surface area contributed by atoms with Crippen molar-refractivity contribution in [3.63, 3.8) is 0 Å². The first-order valence-electron chi connectivity index (χ1n) is 16.0. The van der Waals surface area contributed by atoms with Gasteiger partial charge in [-0.3, -0.25) is 9.59 Å². The van der Waals surface area contributed by atoms with Crippen LogP contribution in [0.2, 0.25) is 0 Å². The number of aromatic nitrogens is 1. The minimum absolute atomic E-state index is 0.0289. The molecule has 1 heterocycles. The van der Waals surface area contributed by atoms with Gasteiger partial charge in [0.1, 0.15) is 11.5 Å². The standard InChI is InChI=1S/C30H32N2O2.C7H12O2/c1-3-32-28-14-12-22(17-24(33)16-21-9-5-6-10-21)18-26(28)27-19-23(13-15-29(27)32)30(31-34)25-11-7-4-8-20(25)2;8-7(9)6-4-2-1-3-5-6/h4,7-8,11-15,18-19,21,34H,3,5-6,9-10,16-17H2,1-2H3;6H,1-5H2,(H,8,9).